The van der Waals surface area contributed by atoms with E-state index in [4.69, 9.17) is 0 Å². The average molecular weight is 355 g/mol. The lowest BCUT2D eigenvalue weighted by atomic mass is 10.2. The molecule has 5 nitrogen and oxygen atoms in total. The van der Waals surface area contributed by atoms with Crippen molar-refractivity contribution in [2.45, 2.75) is 19.9 Å². The second-order valence-electron chi connectivity index (χ2n) is 4.97. The van der Waals surface area contributed by atoms with Crippen LogP contribution >= 0.6 is 27.3 Å². The molecule has 0 unspecified atom stereocenters. The van der Waals surface area contributed by atoms with Crippen molar-refractivity contribution < 1.29 is 0 Å². The van der Waals surface area contributed by atoms with E-state index in [1.807, 2.05) is 6.92 Å². The number of aromatic amines is 1. The summed E-state index contributed by atoms with van der Waals surface area (Å²) in [6.45, 7) is 3.87. The van der Waals surface area contributed by atoms with Crippen LogP contribution in [0.25, 0.3) is 0 Å². The van der Waals surface area contributed by atoms with E-state index < -0.39 is 0 Å². The number of aromatic nitrogens is 2. The molecule has 1 aliphatic rings. The van der Waals surface area contributed by atoms with Gasteiger partial charge in [0.2, 0.25) is 0 Å². The summed E-state index contributed by atoms with van der Waals surface area (Å²) in [5, 5.41) is 3.96. The van der Waals surface area contributed by atoms with Crippen LogP contribution in [0.1, 0.15) is 16.1 Å². The van der Waals surface area contributed by atoms with Gasteiger partial charge in [-0.2, -0.15) is 0 Å². The number of thiazole rings is 1. The second kappa shape index (κ2) is 5.31. The largest absolute Gasteiger partial charge is 0.327 e. The van der Waals surface area contributed by atoms with Gasteiger partial charge < -0.3 is 15.2 Å². The minimum atomic E-state index is -0.129. The van der Waals surface area contributed by atoms with Crippen LogP contribution in [0.4, 0.5) is 10.8 Å². The highest BCUT2D eigenvalue weighted by atomic mass is 79.9. The van der Waals surface area contributed by atoms with Crippen molar-refractivity contribution in [3.05, 3.63) is 37.2 Å². The van der Waals surface area contributed by atoms with Crippen molar-refractivity contribution in [3.8, 4) is 0 Å². The van der Waals surface area contributed by atoms with Crippen LogP contribution in [-0.2, 0) is 13.0 Å². The van der Waals surface area contributed by atoms with Crippen LogP contribution in [0, 0.1) is 6.92 Å². The lowest BCUT2D eigenvalue weighted by Crippen LogP contribution is -2.25. The van der Waals surface area contributed by atoms with Crippen molar-refractivity contribution in [1.82, 2.24) is 14.9 Å². The van der Waals surface area contributed by atoms with Gasteiger partial charge in [0, 0.05) is 35.1 Å². The quantitative estimate of drug-likeness (QED) is 0.870. The summed E-state index contributed by atoms with van der Waals surface area (Å²) in [4.78, 5) is 22.8. The molecule has 0 saturated heterocycles. The number of halogens is 1. The zero-order valence-corrected chi connectivity index (χ0v) is 13.7. The highest BCUT2D eigenvalue weighted by Crippen LogP contribution is 2.30. The first-order chi connectivity index (χ1) is 9.54. The van der Waals surface area contributed by atoms with E-state index in [0.717, 1.165) is 40.4 Å². The lowest BCUT2D eigenvalue weighted by molar-refractivity contribution is 0.314. The van der Waals surface area contributed by atoms with Crippen LogP contribution in [0.2, 0.25) is 0 Å². The number of likely N-dealkylation sites (N-methyl/N-ethyl adjacent to an activating group) is 1. The SMILES string of the molecule is Cc1c(Br)c[nH]c(=O)c1Nc1nc2c(s1)CN(C)CC2. The monoisotopic (exact) mass is 354 g/mol. The number of rotatable bonds is 2. The third-order valence-corrected chi connectivity index (χ3v) is 5.27. The molecule has 0 aromatic carbocycles. The standard InChI is InChI=1S/C13H15BrN4OS/c1-7-8(14)5-15-12(19)11(7)17-13-16-9-3-4-18(2)6-10(9)20-13/h5H,3-4,6H2,1-2H3,(H,15,19)(H,16,17). The van der Waals surface area contributed by atoms with Gasteiger partial charge in [0.05, 0.1) is 5.69 Å². The maximum atomic E-state index is 11.9. The van der Waals surface area contributed by atoms with E-state index in [9.17, 15) is 4.79 Å². The molecule has 2 N–H and O–H groups in total. The van der Waals surface area contributed by atoms with E-state index in [-0.39, 0.29) is 5.56 Å². The van der Waals surface area contributed by atoms with E-state index in [0.29, 0.717) is 5.69 Å². The average Bonchev–Trinajstić information content (AvgIpc) is 2.81. The van der Waals surface area contributed by atoms with Crippen LogP contribution in [0.15, 0.2) is 15.5 Å². The summed E-state index contributed by atoms with van der Waals surface area (Å²) >= 11 is 5.05. The number of fused-ring (bicyclic) bond motifs is 1. The van der Waals surface area contributed by atoms with Gasteiger partial charge in [-0.25, -0.2) is 4.98 Å². The summed E-state index contributed by atoms with van der Waals surface area (Å²) in [7, 11) is 2.11. The fourth-order valence-electron chi connectivity index (χ4n) is 2.23. The van der Waals surface area contributed by atoms with Gasteiger partial charge in [-0.3, -0.25) is 4.79 Å². The molecule has 7 heteroatoms. The summed E-state index contributed by atoms with van der Waals surface area (Å²) in [6, 6.07) is 0. The Morgan fingerprint density at radius 1 is 1.55 bits per heavy atom. The molecule has 0 aliphatic carbocycles. The molecule has 20 heavy (non-hydrogen) atoms. The highest BCUT2D eigenvalue weighted by Gasteiger charge is 2.19. The molecule has 1 aliphatic heterocycles. The maximum absolute atomic E-state index is 11.9. The molecule has 0 bridgehead atoms. The van der Waals surface area contributed by atoms with Gasteiger partial charge in [0.1, 0.15) is 5.69 Å². The number of anilines is 2. The highest BCUT2D eigenvalue weighted by molar-refractivity contribution is 9.10. The number of hydrogen-bond donors (Lipinski definition) is 2. The molecule has 2 aromatic rings. The summed E-state index contributed by atoms with van der Waals surface area (Å²) < 4.78 is 0.876. The van der Waals surface area contributed by atoms with E-state index >= 15 is 0 Å². The maximum Gasteiger partial charge on any atom is 0.272 e. The molecular weight excluding hydrogens is 340 g/mol. The van der Waals surface area contributed by atoms with E-state index in [1.54, 1.807) is 17.5 Å². The van der Waals surface area contributed by atoms with Gasteiger partial charge in [-0.15, -0.1) is 11.3 Å². The smallest absolute Gasteiger partial charge is 0.272 e. The van der Waals surface area contributed by atoms with Crippen LogP contribution in [0.5, 0.6) is 0 Å². The Labute approximate surface area is 129 Å². The molecule has 0 fully saturated rings. The minimum absolute atomic E-state index is 0.129. The Balaban J connectivity index is 1.93. The van der Waals surface area contributed by atoms with Gasteiger partial charge in [0.15, 0.2) is 5.13 Å². The Morgan fingerprint density at radius 2 is 2.35 bits per heavy atom. The number of nitrogens with one attached hydrogen (secondary N) is 2. The first kappa shape index (κ1) is 13.8. The molecule has 3 rings (SSSR count). The van der Waals surface area contributed by atoms with Gasteiger partial charge in [-0.1, -0.05) is 0 Å². The number of pyridine rings is 1. The number of nitrogens with zero attached hydrogens (tertiary/aromatic N) is 2. The molecular formula is C13H15BrN4OS. The third kappa shape index (κ3) is 2.53. The number of hydrogen-bond acceptors (Lipinski definition) is 5. The van der Waals surface area contributed by atoms with Gasteiger partial charge in [-0.05, 0) is 35.5 Å². The first-order valence-corrected chi connectivity index (χ1v) is 7.97. The Morgan fingerprint density at radius 3 is 3.15 bits per heavy atom. The molecule has 2 aromatic heterocycles. The molecule has 3 heterocycles. The predicted octanol–water partition coefficient (Wildman–Crippen LogP) is 2.63. The summed E-state index contributed by atoms with van der Waals surface area (Å²) in [6.07, 6.45) is 2.63. The van der Waals surface area contributed by atoms with Gasteiger partial charge >= 0.3 is 0 Å². The van der Waals surface area contributed by atoms with Crippen molar-refractivity contribution in [2.75, 3.05) is 18.9 Å². The first-order valence-electron chi connectivity index (χ1n) is 6.36. The zero-order valence-electron chi connectivity index (χ0n) is 11.3. The Bertz CT molecular complexity index is 709. The lowest BCUT2D eigenvalue weighted by Gasteiger charge is -2.20. The fourth-order valence-corrected chi connectivity index (χ4v) is 3.64. The third-order valence-electron chi connectivity index (χ3n) is 3.44. The molecule has 0 spiro atoms. The minimum Gasteiger partial charge on any atom is -0.327 e. The number of H-pyrrole nitrogens is 1. The van der Waals surface area contributed by atoms with Gasteiger partial charge in [0.25, 0.3) is 5.56 Å². The summed E-state index contributed by atoms with van der Waals surface area (Å²) in [5.41, 5.74) is 2.47. The van der Waals surface area contributed by atoms with E-state index in [1.165, 1.54) is 4.88 Å². The Kier molecular flexibility index (Phi) is 3.66. The summed E-state index contributed by atoms with van der Waals surface area (Å²) in [5.74, 6) is 0. The zero-order chi connectivity index (χ0) is 14.3. The van der Waals surface area contributed by atoms with Crippen LogP contribution in [-0.4, -0.2) is 28.5 Å². The van der Waals surface area contributed by atoms with E-state index in [2.05, 4.69) is 43.2 Å². The molecule has 0 atom stereocenters. The van der Waals surface area contributed by atoms with Crippen molar-refractivity contribution >= 4 is 38.1 Å². The van der Waals surface area contributed by atoms with Crippen molar-refractivity contribution in [1.29, 1.82) is 0 Å². The second-order valence-corrected chi connectivity index (χ2v) is 6.91. The normalized spacial score (nSPS) is 15.2. The van der Waals surface area contributed by atoms with Crippen molar-refractivity contribution in [2.24, 2.45) is 0 Å². The predicted molar refractivity (Wildman–Crippen MR) is 84.9 cm³/mol. The molecule has 0 saturated carbocycles. The molecule has 0 radical (unpaired) electrons. The Hall–Kier alpha value is -1.18. The molecule has 0 amide bonds. The van der Waals surface area contributed by atoms with Crippen LogP contribution < -0.4 is 10.9 Å². The molecule has 106 valence electrons. The van der Waals surface area contributed by atoms with Crippen molar-refractivity contribution in [3.63, 3.8) is 0 Å². The topological polar surface area (TPSA) is 61.0 Å². The fraction of sp³-hybridized carbons (Fsp3) is 0.385. The van der Waals surface area contributed by atoms with Crippen LogP contribution in [0.3, 0.4) is 0 Å².